The smallest absolute Gasteiger partial charge is 0.311 e. The van der Waals surface area contributed by atoms with Crippen molar-refractivity contribution in [1.29, 1.82) is 0 Å². The van der Waals surface area contributed by atoms with E-state index in [0.29, 0.717) is 5.56 Å². The first kappa shape index (κ1) is 15.9. The highest BCUT2D eigenvalue weighted by Gasteiger charge is 2.18. The number of ether oxygens (including phenoxy) is 1. The summed E-state index contributed by atoms with van der Waals surface area (Å²) >= 11 is 0. The second-order valence-corrected chi connectivity index (χ2v) is 4.60. The van der Waals surface area contributed by atoms with Crippen molar-refractivity contribution in [3.05, 3.63) is 33.9 Å². The number of hydrogen-bond acceptors (Lipinski definition) is 5. The lowest BCUT2D eigenvalue weighted by atomic mass is 10.2. The van der Waals surface area contributed by atoms with Crippen LogP contribution in [0.5, 0.6) is 5.75 Å². The van der Waals surface area contributed by atoms with Gasteiger partial charge in [-0.2, -0.15) is 0 Å². The lowest BCUT2D eigenvalue weighted by Gasteiger charge is -2.21. The first-order chi connectivity index (χ1) is 9.36. The van der Waals surface area contributed by atoms with E-state index in [4.69, 9.17) is 9.84 Å². The van der Waals surface area contributed by atoms with Gasteiger partial charge in [-0.1, -0.05) is 6.07 Å². The molecule has 0 aromatic heterocycles. The Morgan fingerprint density at radius 1 is 1.50 bits per heavy atom. The van der Waals surface area contributed by atoms with E-state index >= 15 is 0 Å². The normalized spacial score (nSPS) is 10.4. The molecule has 1 rings (SSSR count). The first-order valence-electron chi connectivity index (χ1n) is 6.13. The van der Waals surface area contributed by atoms with Crippen molar-refractivity contribution in [3.8, 4) is 5.75 Å². The number of carbonyl (C=O) groups is 1. The van der Waals surface area contributed by atoms with E-state index in [-0.39, 0.29) is 36.6 Å². The Balaban J connectivity index is 2.82. The summed E-state index contributed by atoms with van der Waals surface area (Å²) in [5.41, 5.74) is 0.145. The minimum Gasteiger partial charge on any atom is -0.477 e. The molecule has 0 spiro atoms. The summed E-state index contributed by atoms with van der Waals surface area (Å²) in [6.07, 6.45) is 0. The maximum absolute atomic E-state index is 11.8. The number of aliphatic hydroxyl groups excluding tert-OH is 1. The molecule has 0 fully saturated rings. The van der Waals surface area contributed by atoms with Crippen LogP contribution in [-0.2, 0) is 11.4 Å². The summed E-state index contributed by atoms with van der Waals surface area (Å²) in [6.45, 7) is 3.15. The van der Waals surface area contributed by atoms with Gasteiger partial charge >= 0.3 is 5.69 Å². The van der Waals surface area contributed by atoms with Crippen LogP contribution in [0.2, 0.25) is 0 Å². The topological polar surface area (TPSA) is 92.9 Å². The van der Waals surface area contributed by atoms with Gasteiger partial charge in [0.2, 0.25) is 0 Å². The van der Waals surface area contributed by atoms with Crippen molar-refractivity contribution >= 4 is 11.6 Å². The van der Waals surface area contributed by atoms with Crippen molar-refractivity contribution < 1.29 is 19.6 Å². The molecule has 0 saturated carbocycles. The molecular weight excluding hydrogens is 264 g/mol. The van der Waals surface area contributed by atoms with Crippen molar-refractivity contribution in [2.75, 3.05) is 13.7 Å². The van der Waals surface area contributed by atoms with E-state index in [9.17, 15) is 14.9 Å². The quantitative estimate of drug-likeness (QED) is 0.627. The zero-order valence-electron chi connectivity index (χ0n) is 11.7. The Morgan fingerprint density at radius 2 is 2.15 bits per heavy atom. The van der Waals surface area contributed by atoms with Crippen LogP contribution < -0.4 is 4.74 Å². The molecule has 0 atom stereocenters. The number of nitro benzene ring substituents is 1. The van der Waals surface area contributed by atoms with Crippen LogP contribution in [0, 0.1) is 10.1 Å². The number of nitrogens with zero attached hydrogens (tertiary/aromatic N) is 2. The Bertz CT molecular complexity index is 502. The molecule has 20 heavy (non-hydrogen) atoms. The van der Waals surface area contributed by atoms with Crippen molar-refractivity contribution in [1.82, 2.24) is 4.90 Å². The fourth-order valence-corrected chi connectivity index (χ4v) is 1.46. The highest BCUT2D eigenvalue weighted by molar-refractivity contribution is 5.77. The van der Waals surface area contributed by atoms with Crippen LogP contribution in [0.3, 0.4) is 0 Å². The maximum Gasteiger partial charge on any atom is 0.311 e. The van der Waals surface area contributed by atoms with E-state index in [1.165, 1.54) is 23.1 Å². The van der Waals surface area contributed by atoms with E-state index in [1.54, 1.807) is 7.05 Å². The predicted octanol–water partition coefficient (Wildman–Crippen LogP) is 1.33. The molecule has 0 aliphatic carbocycles. The fraction of sp³-hybridized carbons (Fsp3) is 0.462. The first-order valence-corrected chi connectivity index (χ1v) is 6.13. The number of carbonyl (C=O) groups excluding carboxylic acids is 1. The zero-order valence-corrected chi connectivity index (χ0v) is 11.7. The van der Waals surface area contributed by atoms with Gasteiger partial charge in [-0.25, -0.2) is 0 Å². The molecular formula is C13H18N2O5. The Hall–Kier alpha value is -2.15. The van der Waals surface area contributed by atoms with E-state index in [1.807, 2.05) is 13.8 Å². The molecule has 0 radical (unpaired) electrons. The van der Waals surface area contributed by atoms with Crippen LogP contribution in [0.25, 0.3) is 0 Å². The molecule has 7 nitrogen and oxygen atoms in total. The summed E-state index contributed by atoms with van der Waals surface area (Å²) in [5, 5.41) is 19.9. The number of nitro groups is 1. The minimum atomic E-state index is -0.606. The monoisotopic (exact) mass is 282 g/mol. The molecule has 1 aromatic rings. The van der Waals surface area contributed by atoms with Crippen molar-refractivity contribution in [3.63, 3.8) is 0 Å². The Kier molecular flexibility index (Phi) is 5.45. The second-order valence-electron chi connectivity index (χ2n) is 4.60. The number of hydrogen-bond donors (Lipinski definition) is 1. The van der Waals surface area contributed by atoms with Gasteiger partial charge in [-0.3, -0.25) is 14.9 Å². The third kappa shape index (κ3) is 3.92. The van der Waals surface area contributed by atoms with Gasteiger partial charge in [-0.15, -0.1) is 0 Å². The third-order valence-electron chi connectivity index (χ3n) is 2.92. The van der Waals surface area contributed by atoms with E-state index in [0.717, 1.165) is 0 Å². The number of amides is 1. The molecule has 0 heterocycles. The molecule has 1 N–H and O–H groups in total. The lowest BCUT2D eigenvalue weighted by molar-refractivity contribution is -0.385. The molecule has 0 bridgehead atoms. The molecule has 110 valence electrons. The summed E-state index contributed by atoms with van der Waals surface area (Å²) in [7, 11) is 1.64. The van der Waals surface area contributed by atoms with Gasteiger partial charge in [0.1, 0.15) is 0 Å². The molecule has 0 unspecified atom stereocenters. The second kappa shape index (κ2) is 6.85. The summed E-state index contributed by atoms with van der Waals surface area (Å²) in [6, 6.07) is 4.15. The van der Waals surface area contributed by atoms with Crippen LogP contribution in [-0.4, -0.2) is 40.5 Å². The van der Waals surface area contributed by atoms with Gasteiger partial charge in [0.15, 0.2) is 12.4 Å². The summed E-state index contributed by atoms with van der Waals surface area (Å²) < 4.78 is 5.22. The maximum atomic E-state index is 11.8. The lowest BCUT2D eigenvalue weighted by Crippen LogP contribution is -2.36. The largest absolute Gasteiger partial charge is 0.477 e. The van der Waals surface area contributed by atoms with Crippen molar-refractivity contribution in [2.24, 2.45) is 0 Å². The average Bonchev–Trinajstić information content (AvgIpc) is 2.43. The van der Waals surface area contributed by atoms with Crippen LogP contribution in [0.4, 0.5) is 5.69 Å². The molecule has 0 aliphatic rings. The number of aliphatic hydroxyl groups is 1. The molecule has 1 aromatic carbocycles. The number of rotatable bonds is 6. The number of benzene rings is 1. The Morgan fingerprint density at radius 3 is 2.65 bits per heavy atom. The van der Waals surface area contributed by atoms with Crippen molar-refractivity contribution in [2.45, 2.75) is 26.5 Å². The number of likely N-dealkylation sites (N-methyl/N-ethyl adjacent to an activating group) is 1. The average molecular weight is 282 g/mol. The molecule has 0 saturated heterocycles. The summed E-state index contributed by atoms with van der Waals surface area (Å²) in [5.74, 6) is -0.252. The van der Waals surface area contributed by atoms with Gasteiger partial charge < -0.3 is 14.7 Å². The van der Waals surface area contributed by atoms with Crippen LogP contribution >= 0.6 is 0 Å². The van der Waals surface area contributed by atoms with Gasteiger partial charge in [0.25, 0.3) is 5.91 Å². The third-order valence-corrected chi connectivity index (χ3v) is 2.92. The van der Waals surface area contributed by atoms with Gasteiger partial charge in [0.05, 0.1) is 11.5 Å². The molecule has 1 amide bonds. The zero-order chi connectivity index (χ0) is 15.3. The highest BCUT2D eigenvalue weighted by Crippen LogP contribution is 2.28. The van der Waals surface area contributed by atoms with Crippen LogP contribution in [0.15, 0.2) is 18.2 Å². The van der Waals surface area contributed by atoms with E-state index < -0.39 is 4.92 Å². The fourth-order valence-electron chi connectivity index (χ4n) is 1.46. The predicted molar refractivity (Wildman–Crippen MR) is 72.4 cm³/mol. The standard InChI is InChI=1S/C13H18N2O5/c1-9(2)14(3)13(17)8-20-12-5-4-10(7-16)6-11(12)15(18)19/h4-6,9,16H,7-8H2,1-3H3. The highest BCUT2D eigenvalue weighted by atomic mass is 16.6. The Labute approximate surface area is 116 Å². The summed E-state index contributed by atoms with van der Waals surface area (Å²) in [4.78, 5) is 23.6. The van der Waals surface area contributed by atoms with Crippen LogP contribution in [0.1, 0.15) is 19.4 Å². The van der Waals surface area contributed by atoms with Gasteiger partial charge in [-0.05, 0) is 25.5 Å². The molecule has 0 aliphatic heterocycles. The molecule has 7 heteroatoms. The van der Waals surface area contributed by atoms with E-state index in [2.05, 4.69) is 0 Å². The minimum absolute atomic E-state index is 0.0118. The van der Waals surface area contributed by atoms with Gasteiger partial charge in [0, 0.05) is 19.2 Å². The SMILES string of the molecule is CC(C)N(C)C(=O)COc1ccc(CO)cc1[N+](=O)[O-].